The lowest BCUT2D eigenvalue weighted by Gasteiger charge is -1.96. The molecule has 0 radical (unpaired) electrons. The van der Waals surface area contributed by atoms with Crippen LogP contribution in [0, 0.1) is 6.92 Å². The highest BCUT2D eigenvalue weighted by Gasteiger charge is 1.99. The Morgan fingerprint density at radius 2 is 2.46 bits per heavy atom. The van der Waals surface area contributed by atoms with Gasteiger partial charge in [-0.3, -0.25) is 0 Å². The highest BCUT2D eigenvalue weighted by molar-refractivity contribution is 7.13. The summed E-state index contributed by atoms with van der Waals surface area (Å²) in [5.74, 6) is 0. The molecule has 13 heavy (non-hydrogen) atoms. The summed E-state index contributed by atoms with van der Waals surface area (Å²) in [6, 6.07) is 0. The molecule has 2 aromatic heterocycles. The Hall–Kier alpha value is -1.01. The van der Waals surface area contributed by atoms with Crippen LogP contribution >= 0.6 is 22.7 Å². The van der Waals surface area contributed by atoms with Crippen LogP contribution in [0.1, 0.15) is 9.88 Å². The summed E-state index contributed by atoms with van der Waals surface area (Å²) < 4.78 is 0. The van der Waals surface area contributed by atoms with E-state index in [1.54, 1.807) is 16.8 Å². The Balaban J connectivity index is 1.93. The van der Waals surface area contributed by atoms with E-state index in [-0.39, 0.29) is 0 Å². The molecule has 0 bridgehead atoms. The van der Waals surface area contributed by atoms with Crippen LogP contribution in [0.4, 0.5) is 5.13 Å². The zero-order valence-corrected chi connectivity index (χ0v) is 8.65. The zero-order chi connectivity index (χ0) is 9.10. The number of anilines is 1. The van der Waals surface area contributed by atoms with Gasteiger partial charge in [-0.05, 0) is 6.92 Å². The molecule has 0 aliphatic rings. The minimum Gasteiger partial charge on any atom is -0.355 e. The molecule has 1 N–H and O–H groups in total. The van der Waals surface area contributed by atoms with Gasteiger partial charge in [0.1, 0.15) is 5.51 Å². The third-order valence-electron chi connectivity index (χ3n) is 1.44. The lowest BCUT2D eigenvalue weighted by Crippen LogP contribution is -1.96. The van der Waals surface area contributed by atoms with Crippen LogP contribution in [0.3, 0.4) is 0 Å². The highest BCUT2D eigenvalue weighted by Crippen LogP contribution is 2.14. The van der Waals surface area contributed by atoms with Gasteiger partial charge in [0.15, 0.2) is 0 Å². The smallest absolute Gasteiger partial charge is 0.205 e. The Kier molecular flexibility index (Phi) is 2.51. The molecule has 0 amide bonds. The van der Waals surface area contributed by atoms with Crippen molar-refractivity contribution in [3.8, 4) is 0 Å². The summed E-state index contributed by atoms with van der Waals surface area (Å²) in [5.41, 5.74) is 1.71. The SMILES string of the molecule is Cc1ncc(CNc2nncs2)s1. The normalized spacial score (nSPS) is 10.2. The number of aromatic nitrogens is 3. The van der Waals surface area contributed by atoms with Gasteiger partial charge in [-0.1, -0.05) is 11.3 Å². The minimum absolute atomic E-state index is 0.778. The van der Waals surface area contributed by atoms with Crippen molar-refractivity contribution < 1.29 is 0 Å². The van der Waals surface area contributed by atoms with Crippen LogP contribution in [0.15, 0.2) is 11.7 Å². The van der Waals surface area contributed by atoms with Gasteiger partial charge >= 0.3 is 0 Å². The van der Waals surface area contributed by atoms with E-state index in [1.807, 2.05) is 13.1 Å². The standard InChI is InChI=1S/C7H8N4S2/c1-5-8-2-6(13-5)3-9-7-11-10-4-12-7/h2,4H,3H2,1H3,(H,9,11). The molecule has 2 rings (SSSR count). The van der Waals surface area contributed by atoms with Gasteiger partial charge in [0, 0.05) is 11.1 Å². The molecule has 0 fully saturated rings. The molecule has 0 aliphatic carbocycles. The molecule has 0 saturated carbocycles. The summed E-state index contributed by atoms with van der Waals surface area (Å²) in [5, 5.41) is 12.7. The molecule has 0 saturated heterocycles. The minimum atomic E-state index is 0.778. The Bertz CT molecular complexity index is 368. The molecular weight excluding hydrogens is 204 g/mol. The molecule has 68 valence electrons. The first-order chi connectivity index (χ1) is 6.34. The second kappa shape index (κ2) is 3.80. The molecule has 2 aromatic rings. The van der Waals surface area contributed by atoms with Gasteiger partial charge in [-0.15, -0.1) is 21.5 Å². The molecule has 0 atom stereocenters. The van der Waals surface area contributed by atoms with Crippen molar-refractivity contribution in [3.63, 3.8) is 0 Å². The van der Waals surface area contributed by atoms with Gasteiger partial charge in [0.25, 0.3) is 0 Å². The highest BCUT2D eigenvalue weighted by atomic mass is 32.1. The number of thiazole rings is 1. The van der Waals surface area contributed by atoms with Crippen LogP contribution in [0.2, 0.25) is 0 Å². The first kappa shape index (κ1) is 8.58. The lowest BCUT2D eigenvalue weighted by atomic mass is 10.5. The maximum absolute atomic E-state index is 4.16. The van der Waals surface area contributed by atoms with Crippen LogP contribution in [0.25, 0.3) is 0 Å². The molecule has 4 nitrogen and oxygen atoms in total. The molecular formula is C7H8N4S2. The number of aryl methyl sites for hydroxylation is 1. The number of hydrogen-bond acceptors (Lipinski definition) is 6. The first-order valence-electron chi connectivity index (χ1n) is 3.76. The summed E-state index contributed by atoms with van der Waals surface area (Å²) in [6.45, 7) is 2.78. The molecule has 0 aromatic carbocycles. The fourth-order valence-corrected chi connectivity index (χ4v) is 2.08. The molecule has 0 unspecified atom stereocenters. The van der Waals surface area contributed by atoms with E-state index < -0.39 is 0 Å². The number of nitrogens with zero attached hydrogens (tertiary/aromatic N) is 3. The van der Waals surface area contributed by atoms with E-state index in [9.17, 15) is 0 Å². The fourth-order valence-electron chi connectivity index (χ4n) is 0.900. The predicted octanol–water partition coefficient (Wildman–Crippen LogP) is 1.92. The van der Waals surface area contributed by atoms with Gasteiger partial charge in [-0.2, -0.15) is 0 Å². The Morgan fingerprint density at radius 3 is 3.08 bits per heavy atom. The second-order valence-electron chi connectivity index (χ2n) is 2.44. The van der Waals surface area contributed by atoms with Crippen LogP contribution < -0.4 is 5.32 Å². The fraction of sp³-hybridized carbons (Fsp3) is 0.286. The number of rotatable bonds is 3. The van der Waals surface area contributed by atoms with E-state index in [0.29, 0.717) is 0 Å². The van der Waals surface area contributed by atoms with E-state index in [1.165, 1.54) is 16.2 Å². The average molecular weight is 212 g/mol. The van der Waals surface area contributed by atoms with Crippen molar-refractivity contribution in [1.82, 2.24) is 15.2 Å². The summed E-state index contributed by atoms with van der Waals surface area (Å²) >= 11 is 3.19. The molecule has 0 spiro atoms. The Labute approximate surface area is 83.7 Å². The average Bonchev–Trinajstić information content (AvgIpc) is 2.71. The van der Waals surface area contributed by atoms with E-state index in [0.717, 1.165) is 16.7 Å². The largest absolute Gasteiger partial charge is 0.355 e. The van der Waals surface area contributed by atoms with Gasteiger partial charge in [0.05, 0.1) is 11.6 Å². The maximum Gasteiger partial charge on any atom is 0.205 e. The lowest BCUT2D eigenvalue weighted by molar-refractivity contribution is 1.06. The third-order valence-corrected chi connectivity index (χ3v) is 3.00. The van der Waals surface area contributed by atoms with Crippen molar-refractivity contribution in [3.05, 3.63) is 21.6 Å². The number of hydrogen-bond donors (Lipinski definition) is 1. The monoisotopic (exact) mass is 212 g/mol. The van der Waals surface area contributed by atoms with Crippen molar-refractivity contribution in [2.45, 2.75) is 13.5 Å². The zero-order valence-electron chi connectivity index (χ0n) is 7.02. The van der Waals surface area contributed by atoms with Crippen molar-refractivity contribution in [1.29, 1.82) is 0 Å². The maximum atomic E-state index is 4.16. The van der Waals surface area contributed by atoms with Crippen molar-refractivity contribution >= 4 is 27.8 Å². The van der Waals surface area contributed by atoms with Gasteiger partial charge < -0.3 is 5.32 Å². The second-order valence-corrected chi connectivity index (χ2v) is 4.60. The van der Waals surface area contributed by atoms with E-state index >= 15 is 0 Å². The molecule has 2 heterocycles. The quantitative estimate of drug-likeness (QED) is 0.844. The van der Waals surface area contributed by atoms with E-state index in [4.69, 9.17) is 0 Å². The first-order valence-corrected chi connectivity index (χ1v) is 5.45. The summed E-state index contributed by atoms with van der Waals surface area (Å²) in [6.07, 6.45) is 1.88. The predicted molar refractivity (Wildman–Crippen MR) is 54.1 cm³/mol. The van der Waals surface area contributed by atoms with Crippen LogP contribution in [-0.2, 0) is 6.54 Å². The van der Waals surface area contributed by atoms with E-state index in [2.05, 4.69) is 20.5 Å². The summed E-state index contributed by atoms with van der Waals surface area (Å²) in [4.78, 5) is 5.38. The van der Waals surface area contributed by atoms with Crippen LogP contribution in [-0.4, -0.2) is 15.2 Å². The Morgan fingerprint density at radius 1 is 1.54 bits per heavy atom. The molecule has 6 heteroatoms. The molecule has 0 aliphatic heterocycles. The van der Waals surface area contributed by atoms with Crippen molar-refractivity contribution in [2.24, 2.45) is 0 Å². The van der Waals surface area contributed by atoms with Crippen LogP contribution in [0.5, 0.6) is 0 Å². The number of nitrogens with one attached hydrogen (secondary N) is 1. The topological polar surface area (TPSA) is 50.7 Å². The van der Waals surface area contributed by atoms with Crippen molar-refractivity contribution in [2.75, 3.05) is 5.32 Å². The third kappa shape index (κ3) is 2.22. The van der Waals surface area contributed by atoms with Gasteiger partial charge in [0.2, 0.25) is 5.13 Å². The van der Waals surface area contributed by atoms with Gasteiger partial charge in [-0.25, -0.2) is 4.98 Å². The summed E-state index contributed by atoms with van der Waals surface area (Å²) in [7, 11) is 0.